The number of carbonyl (C=O) groups excluding carboxylic acids is 1. The van der Waals surface area contributed by atoms with E-state index in [1.807, 2.05) is 0 Å². The number of nitrogens with one attached hydrogen (secondary N) is 1. The monoisotopic (exact) mass is 287 g/mol. The van der Waals surface area contributed by atoms with E-state index in [0.717, 1.165) is 32.1 Å². The summed E-state index contributed by atoms with van der Waals surface area (Å²) < 4.78 is 13.0. The molecular formula is C15H26FNO3. The van der Waals surface area contributed by atoms with Crippen molar-refractivity contribution in [1.82, 2.24) is 5.32 Å². The zero-order chi connectivity index (χ0) is 14.8. The predicted octanol–water partition coefficient (Wildman–Crippen LogP) is 3.06. The van der Waals surface area contributed by atoms with Crippen molar-refractivity contribution in [2.45, 2.75) is 70.4 Å². The van der Waals surface area contributed by atoms with Crippen molar-refractivity contribution in [3.05, 3.63) is 0 Å². The maximum Gasteiger partial charge on any atom is 0.303 e. The maximum atomic E-state index is 13.0. The molecule has 0 aliphatic heterocycles. The van der Waals surface area contributed by atoms with Gasteiger partial charge in [-0.15, -0.1) is 0 Å². The summed E-state index contributed by atoms with van der Waals surface area (Å²) in [4.78, 5) is 22.1. The molecular weight excluding hydrogens is 261 g/mol. The van der Waals surface area contributed by atoms with Crippen LogP contribution in [0.2, 0.25) is 0 Å². The molecule has 1 aliphatic rings. The van der Waals surface area contributed by atoms with E-state index in [-0.39, 0.29) is 18.2 Å². The molecule has 0 bridgehead atoms. The van der Waals surface area contributed by atoms with E-state index in [4.69, 9.17) is 5.11 Å². The molecule has 0 unspecified atom stereocenters. The second-order valence-electron chi connectivity index (χ2n) is 5.65. The Hall–Kier alpha value is -1.13. The third kappa shape index (κ3) is 7.46. The first kappa shape index (κ1) is 16.9. The molecule has 20 heavy (non-hydrogen) atoms. The number of amides is 1. The fourth-order valence-corrected chi connectivity index (χ4v) is 2.60. The molecule has 0 aromatic carbocycles. The lowest BCUT2D eigenvalue weighted by molar-refractivity contribution is -0.137. The van der Waals surface area contributed by atoms with E-state index in [2.05, 4.69) is 5.32 Å². The first-order valence-electron chi connectivity index (χ1n) is 7.73. The van der Waals surface area contributed by atoms with Crippen molar-refractivity contribution in [1.29, 1.82) is 0 Å². The SMILES string of the molecule is O=C(O)CCCCCCCNC(=O)C1CCC(F)CC1. The van der Waals surface area contributed by atoms with Crippen LogP contribution in [0.25, 0.3) is 0 Å². The summed E-state index contributed by atoms with van der Waals surface area (Å²) in [5.41, 5.74) is 0. The molecule has 1 aliphatic carbocycles. The van der Waals surface area contributed by atoms with Gasteiger partial charge in [-0.05, 0) is 38.5 Å². The van der Waals surface area contributed by atoms with Gasteiger partial charge < -0.3 is 10.4 Å². The molecule has 0 atom stereocenters. The molecule has 2 N–H and O–H groups in total. The van der Waals surface area contributed by atoms with Gasteiger partial charge >= 0.3 is 5.97 Å². The normalized spacial score (nSPS) is 22.4. The highest BCUT2D eigenvalue weighted by atomic mass is 19.1. The standard InChI is InChI=1S/C15H26FNO3/c16-13-9-7-12(8-10-13)15(20)17-11-5-3-1-2-4-6-14(18)19/h12-13H,1-11H2,(H,17,20)(H,18,19). The number of unbranched alkanes of at least 4 members (excludes halogenated alkanes) is 4. The van der Waals surface area contributed by atoms with Gasteiger partial charge in [0.05, 0.1) is 0 Å². The van der Waals surface area contributed by atoms with Gasteiger partial charge in [-0.3, -0.25) is 9.59 Å². The molecule has 1 fully saturated rings. The van der Waals surface area contributed by atoms with Crippen LogP contribution in [0, 0.1) is 5.92 Å². The topological polar surface area (TPSA) is 66.4 Å². The van der Waals surface area contributed by atoms with Gasteiger partial charge in [-0.25, -0.2) is 4.39 Å². The van der Waals surface area contributed by atoms with Crippen LogP contribution >= 0.6 is 0 Å². The number of hydrogen-bond donors (Lipinski definition) is 2. The van der Waals surface area contributed by atoms with E-state index in [9.17, 15) is 14.0 Å². The Morgan fingerprint density at radius 3 is 2.25 bits per heavy atom. The number of hydrogen-bond acceptors (Lipinski definition) is 2. The Balaban J connectivity index is 1.93. The van der Waals surface area contributed by atoms with Crippen LogP contribution in [0.4, 0.5) is 4.39 Å². The van der Waals surface area contributed by atoms with E-state index >= 15 is 0 Å². The molecule has 0 heterocycles. The van der Waals surface area contributed by atoms with Crippen LogP contribution in [0.15, 0.2) is 0 Å². The molecule has 5 heteroatoms. The molecule has 0 aromatic rings. The largest absolute Gasteiger partial charge is 0.481 e. The Bertz CT molecular complexity index is 301. The highest BCUT2D eigenvalue weighted by molar-refractivity contribution is 5.78. The van der Waals surface area contributed by atoms with Crippen molar-refractivity contribution < 1.29 is 19.1 Å². The Morgan fingerprint density at radius 2 is 1.60 bits per heavy atom. The van der Waals surface area contributed by atoms with E-state index < -0.39 is 12.1 Å². The number of aliphatic carboxylic acids is 1. The second-order valence-corrected chi connectivity index (χ2v) is 5.65. The van der Waals surface area contributed by atoms with Gasteiger partial charge in [0.1, 0.15) is 6.17 Å². The minimum absolute atomic E-state index is 0.00225. The lowest BCUT2D eigenvalue weighted by atomic mass is 9.87. The smallest absolute Gasteiger partial charge is 0.303 e. The Kier molecular flexibility index (Phi) is 8.23. The van der Waals surface area contributed by atoms with E-state index in [1.54, 1.807) is 0 Å². The average molecular weight is 287 g/mol. The van der Waals surface area contributed by atoms with Crippen molar-refractivity contribution in [3.8, 4) is 0 Å². The fraction of sp³-hybridized carbons (Fsp3) is 0.867. The summed E-state index contributed by atoms with van der Waals surface area (Å²) >= 11 is 0. The molecule has 0 spiro atoms. The third-order valence-corrected chi connectivity index (χ3v) is 3.89. The van der Waals surface area contributed by atoms with Gasteiger partial charge in [0.15, 0.2) is 0 Å². The molecule has 0 saturated heterocycles. The summed E-state index contributed by atoms with van der Waals surface area (Å²) in [6.45, 7) is 0.674. The summed E-state index contributed by atoms with van der Waals surface area (Å²) in [6.07, 6.45) is 6.51. The van der Waals surface area contributed by atoms with Crippen LogP contribution in [0.1, 0.15) is 64.2 Å². The highest BCUT2D eigenvalue weighted by Gasteiger charge is 2.25. The Morgan fingerprint density at radius 1 is 1.00 bits per heavy atom. The van der Waals surface area contributed by atoms with Gasteiger partial charge in [0.25, 0.3) is 0 Å². The maximum absolute atomic E-state index is 13.0. The zero-order valence-electron chi connectivity index (χ0n) is 12.1. The number of carboxylic acids is 1. The first-order valence-corrected chi connectivity index (χ1v) is 7.73. The summed E-state index contributed by atoms with van der Waals surface area (Å²) in [6, 6.07) is 0. The summed E-state index contributed by atoms with van der Waals surface area (Å²) in [7, 11) is 0. The van der Waals surface area contributed by atoms with E-state index in [0.29, 0.717) is 32.2 Å². The minimum Gasteiger partial charge on any atom is -0.481 e. The number of carbonyl (C=O) groups is 2. The van der Waals surface area contributed by atoms with E-state index in [1.165, 1.54) is 0 Å². The summed E-state index contributed by atoms with van der Waals surface area (Å²) in [5.74, 6) is -0.666. The molecule has 0 aromatic heterocycles. The van der Waals surface area contributed by atoms with Crippen LogP contribution in [0.3, 0.4) is 0 Å². The van der Waals surface area contributed by atoms with Crippen LogP contribution < -0.4 is 5.32 Å². The molecule has 1 amide bonds. The van der Waals surface area contributed by atoms with Crippen molar-refractivity contribution in [2.75, 3.05) is 6.54 Å². The lowest BCUT2D eigenvalue weighted by Gasteiger charge is -2.23. The molecule has 4 nitrogen and oxygen atoms in total. The molecule has 0 radical (unpaired) electrons. The second kappa shape index (κ2) is 9.72. The van der Waals surface area contributed by atoms with Crippen LogP contribution in [-0.2, 0) is 9.59 Å². The number of alkyl halides is 1. The predicted molar refractivity (Wildman–Crippen MR) is 75.2 cm³/mol. The fourth-order valence-electron chi connectivity index (χ4n) is 2.60. The van der Waals surface area contributed by atoms with Gasteiger partial charge in [-0.1, -0.05) is 19.3 Å². The van der Waals surface area contributed by atoms with Crippen molar-refractivity contribution in [3.63, 3.8) is 0 Å². The average Bonchev–Trinajstić information content (AvgIpc) is 2.42. The number of carboxylic acid groups (broad SMARTS) is 1. The number of halogens is 1. The first-order chi connectivity index (χ1) is 9.59. The molecule has 1 rings (SSSR count). The number of rotatable bonds is 9. The third-order valence-electron chi connectivity index (χ3n) is 3.89. The lowest BCUT2D eigenvalue weighted by Crippen LogP contribution is -2.34. The van der Waals surface area contributed by atoms with Gasteiger partial charge in [-0.2, -0.15) is 0 Å². The summed E-state index contributed by atoms with van der Waals surface area (Å²) in [5, 5.41) is 11.4. The Labute approximate surface area is 120 Å². The van der Waals surface area contributed by atoms with Crippen molar-refractivity contribution in [2.24, 2.45) is 5.92 Å². The highest BCUT2D eigenvalue weighted by Crippen LogP contribution is 2.26. The zero-order valence-corrected chi connectivity index (χ0v) is 12.1. The molecule has 1 saturated carbocycles. The van der Waals surface area contributed by atoms with Gasteiger partial charge in [0, 0.05) is 18.9 Å². The van der Waals surface area contributed by atoms with Crippen LogP contribution in [0.5, 0.6) is 0 Å². The quantitative estimate of drug-likeness (QED) is 0.640. The minimum atomic E-state index is -0.736. The van der Waals surface area contributed by atoms with Crippen molar-refractivity contribution >= 4 is 11.9 Å². The molecule has 116 valence electrons. The van der Waals surface area contributed by atoms with Crippen LogP contribution in [-0.4, -0.2) is 29.7 Å². The van der Waals surface area contributed by atoms with Gasteiger partial charge in [0.2, 0.25) is 5.91 Å².